The summed E-state index contributed by atoms with van der Waals surface area (Å²) in [7, 11) is 0. The molecule has 0 radical (unpaired) electrons. The lowest BCUT2D eigenvalue weighted by Crippen LogP contribution is -2.74. The van der Waals surface area contributed by atoms with E-state index in [1.54, 1.807) is 0 Å². The molecule has 0 saturated carbocycles. The lowest BCUT2D eigenvalue weighted by atomic mass is 10.0. The highest BCUT2D eigenvalue weighted by Gasteiger charge is 2.00. The predicted molar refractivity (Wildman–Crippen MR) is 41.1 cm³/mol. The van der Waals surface area contributed by atoms with Gasteiger partial charge in [-0.3, -0.25) is 0 Å². The van der Waals surface area contributed by atoms with E-state index in [2.05, 4.69) is 6.08 Å². The summed E-state index contributed by atoms with van der Waals surface area (Å²) in [5, 5.41) is 10.4. The molecule has 2 N–H and O–H groups in total. The van der Waals surface area contributed by atoms with E-state index in [4.69, 9.17) is 0 Å². The Balaban J connectivity index is 2.35. The van der Waals surface area contributed by atoms with Gasteiger partial charge >= 0.3 is 0 Å². The van der Waals surface area contributed by atoms with Crippen LogP contribution in [0.25, 0.3) is 0 Å². The van der Waals surface area contributed by atoms with Crippen molar-refractivity contribution < 1.29 is 5.48 Å². The number of hydrogen-bond acceptors (Lipinski definition) is 1. The monoisotopic (exact) mass is 141 g/mol. The fraction of sp³-hybridized carbons (Fsp3) is 0.750. The van der Waals surface area contributed by atoms with Gasteiger partial charge in [0.1, 0.15) is 5.70 Å². The lowest BCUT2D eigenvalue weighted by molar-refractivity contribution is -0.538. The summed E-state index contributed by atoms with van der Waals surface area (Å²) >= 11 is 0. The number of hydroxylamine groups is 1. The van der Waals surface area contributed by atoms with Gasteiger partial charge in [-0.15, -0.1) is 0 Å². The van der Waals surface area contributed by atoms with E-state index < -0.39 is 0 Å². The average Bonchev–Trinajstić information content (AvgIpc) is 1.87. The first-order chi connectivity index (χ1) is 4.93. The summed E-state index contributed by atoms with van der Waals surface area (Å²) in [6.07, 6.45) is 9.29. The van der Waals surface area contributed by atoms with Crippen molar-refractivity contribution in [2.75, 3.05) is 0 Å². The molecule has 1 aliphatic rings. The van der Waals surface area contributed by atoms with Gasteiger partial charge < -0.3 is 10.7 Å². The lowest BCUT2D eigenvalue weighted by Gasteiger charge is -2.09. The third kappa shape index (κ3) is 2.50. The van der Waals surface area contributed by atoms with Crippen molar-refractivity contribution in [2.24, 2.45) is 0 Å². The second kappa shape index (κ2) is 4.47. The predicted octanol–water partition coefficient (Wildman–Crippen LogP) is 1.29. The first-order valence-electron chi connectivity index (χ1n) is 4.07. The zero-order valence-electron chi connectivity index (χ0n) is 6.31. The molecule has 0 aromatic heterocycles. The smallest absolute Gasteiger partial charge is 0.101 e. The normalized spacial score (nSPS) is 26.3. The number of quaternary nitrogens is 1. The van der Waals surface area contributed by atoms with Crippen LogP contribution in [0.1, 0.15) is 38.5 Å². The minimum Gasteiger partial charge on any atom is -0.631 e. The Hall–Kier alpha value is -0.340. The molecule has 0 unspecified atom stereocenters. The maximum atomic E-state index is 10.4. The van der Waals surface area contributed by atoms with Crippen molar-refractivity contribution in [3.05, 3.63) is 17.0 Å². The Morgan fingerprint density at radius 1 is 1.20 bits per heavy atom. The molecule has 0 saturated heterocycles. The van der Waals surface area contributed by atoms with Crippen molar-refractivity contribution in [2.45, 2.75) is 38.5 Å². The van der Waals surface area contributed by atoms with Crippen LogP contribution in [0.5, 0.6) is 0 Å². The highest BCUT2D eigenvalue weighted by atomic mass is 16.5. The van der Waals surface area contributed by atoms with Gasteiger partial charge in [0, 0.05) is 6.42 Å². The zero-order chi connectivity index (χ0) is 7.23. The van der Waals surface area contributed by atoms with Gasteiger partial charge in [0.15, 0.2) is 0 Å². The van der Waals surface area contributed by atoms with Crippen molar-refractivity contribution >= 4 is 0 Å². The first-order valence-corrected chi connectivity index (χ1v) is 4.07. The highest BCUT2D eigenvalue weighted by Crippen LogP contribution is 2.12. The van der Waals surface area contributed by atoms with Crippen LogP contribution >= 0.6 is 0 Å². The Labute approximate surface area is 61.9 Å². The minimum atomic E-state index is 1.00. The molecule has 1 rings (SSSR count). The standard InChI is InChI=1S/C8H15NO/c10-9-8-6-4-2-1-3-5-7-8/h6H,1-5,7,9H2/b8-6+. The summed E-state index contributed by atoms with van der Waals surface area (Å²) in [4.78, 5) is 0. The van der Waals surface area contributed by atoms with Gasteiger partial charge in [0.2, 0.25) is 0 Å². The molecule has 0 amide bonds. The molecule has 0 heterocycles. The van der Waals surface area contributed by atoms with E-state index in [-0.39, 0.29) is 0 Å². The molecule has 0 atom stereocenters. The third-order valence-corrected chi connectivity index (χ3v) is 1.98. The molecular formula is C8H15NO. The molecule has 10 heavy (non-hydrogen) atoms. The summed E-state index contributed by atoms with van der Waals surface area (Å²) in [6, 6.07) is 0. The Bertz CT molecular complexity index is 120. The van der Waals surface area contributed by atoms with E-state index in [1.807, 2.05) is 0 Å². The molecule has 0 fully saturated rings. The molecule has 0 bridgehead atoms. The second-order valence-corrected chi connectivity index (χ2v) is 2.85. The van der Waals surface area contributed by atoms with Crippen LogP contribution in [0.4, 0.5) is 0 Å². The fourth-order valence-electron chi connectivity index (χ4n) is 1.32. The molecule has 0 spiro atoms. The zero-order valence-corrected chi connectivity index (χ0v) is 6.31. The van der Waals surface area contributed by atoms with E-state index >= 15 is 0 Å². The van der Waals surface area contributed by atoms with Gasteiger partial charge in [-0.1, -0.05) is 12.8 Å². The van der Waals surface area contributed by atoms with Crippen molar-refractivity contribution in [1.29, 1.82) is 0 Å². The molecular weight excluding hydrogens is 126 g/mol. The van der Waals surface area contributed by atoms with Crippen LogP contribution in [0.15, 0.2) is 11.8 Å². The molecule has 0 aliphatic heterocycles. The highest BCUT2D eigenvalue weighted by molar-refractivity contribution is 4.91. The summed E-state index contributed by atoms with van der Waals surface area (Å²) < 4.78 is 0. The van der Waals surface area contributed by atoms with Crippen LogP contribution < -0.4 is 5.48 Å². The molecule has 1 aliphatic carbocycles. The van der Waals surface area contributed by atoms with Crippen LogP contribution in [-0.4, -0.2) is 0 Å². The van der Waals surface area contributed by atoms with Crippen molar-refractivity contribution in [1.82, 2.24) is 0 Å². The summed E-state index contributed by atoms with van der Waals surface area (Å²) in [6.45, 7) is 0. The van der Waals surface area contributed by atoms with Crippen molar-refractivity contribution in [3.8, 4) is 0 Å². The third-order valence-electron chi connectivity index (χ3n) is 1.98. The summed E-state index contributed by atoms with van der Waals surface area (Å²) in [5.41, 5.74) is 2.02. The largest absolute Gasteiger partial charge is 0.631 e. The van der Waals surface area contributed by atoms with E-state index in [1.165, 1.54) is 25.7 Å². The minimum absolute atomic E-state index is 1.00. The molecule has 58 valence electrons. The van der Waals surface area contributed by atoms with E-state index in [0.717, 1.165) is 24.0 Å². The molecule has 2 heteroatoms. The number of hydrogen-bond donors (Lipinski definition) is 1. The van der Waals surface area contributed by atoms with Gasteiger partial charge in [-0.05, 0) is 25.3 Å². The van der Waals surface area contributed by atoms with Crippen molar-refractivity contribution in [3.63, 3.8) is 0 Å². The van der Waals surface area contributed by atoms with Crippen LogP contribution in [0, 0.1) is 5.21 Å². The number of rotatable bonds is 1. The molecule has 0 aromatic rings. The van der Waals surface area contributed by atoms with Gasteiger partial charge in [-0.25, -0.2) is 0 Å². The first kappa shape index (κ1) is 7.76. The van der Waals surface area contributed by atoms with Crippen LogP contribution in [0.2, 0.25) is 0 Å². The maximum absolute atomic E-state index is 10.4. The maximum Gasteiger partial charge on any atom is 0.101 e. The van der Waals surface area contributed by atoms with Gasteiger partial charge in [-0.2, -0.15) is 0 Å². The van der Waals surface area contributed by atoms with E-state index in [9.17, 15) is 5.21 Å². The Morgan fingerprint density at radius 2 is 2.00 bits per heavy atom. The molecule has 0 aromatic carbocycles. The van der Waals surface area contributed by atoms with E-state index in [0.29, 0.717) is 0 Å². The fourth-order valence-corrected chi connectivity index (χ4v) is 1.32. The second-order valence-electron chi connectivity index (χ2n) is 2.85. The Morgan fingerprint density at radius 3 is 2.80 bits per heavy atom. The van der Waals surface area contributed by atoms with Gasteiger partial charge in [0.05, 0.1) is 0 Å². The average molecular weight is 141 g/mol. The van der Waals surface area contributed by atoms with Crippen LogP contribution in [-0.2, 0) is 0 Å². The topological polar surface area (TPSA) is 39.7 Å². The number of nitrogens with two attached hydrogens (primary N) is 1. The summed E-state index contributed by atoms with van der Waals surface area (Å²) in [5.74, 6) is 0. The Kier molecular flexibility index (Phi) is 3.47. The SMILES string of the molecule is [O-][NH2+]/C1=C/CCCCCC1. The molecule has 2 nitrogen and oxygen atoms in total. The van der Waals surface area contributed by atoms with Crippen LogP contribution in [0.3, 0.4) is 0 Å². The van der Waals surface area contributed by atoms with Gasteiger partial charge in [0.25, 0.3) is 0 Å². The quantitative estimate of drug-likeness (QED) is 0.549. The number of allylic oxidation sites excluding steroid dienone is 2.